The summed E-state index contributed by atoms with van der Waals surface area (Å²) in [6, 6.07) is 23.2. The molecule has 0 aliphatic rings. The maximum absolute atomic E-state index is 13.1. The molecule has 1 aromatic heterocycles. The minimum atomic E-state index is -3.59. The topological polar surface area (TPSA) is 68.2 Å². The van der Waals surface area contributed by atoms with Gasteiger partial charge in [0.15, 0.2) is 9.84 Å². The molecule has 4 rings (SSSR count). The van der Waals surface area contributed by atoms with Gasteiger partial charge in [-0.3, -0.25) is 4.79 Å². The Kier molecular flexibility index (Phi) is 5.61. The summed E-state index contributed by atoms with van der Waals surface area (Å²) in [6.07, 6.45) is 1.54. The number of carbonyl (C=O) groups is 1. The van der Waals surface area contributed by atoms with Gasteiger partial charge in [-0.2, -0.15) is 0 Å². The molecule has 1 N–H and O–H groups in total. The Morgan fingerprint density at radius 3 is 2.33 bits per heavy atom. The molecule has 0 unspecified atom stereocenters. The summed E-state index contributed by atoms with van der Waals surface area (Å²) in [4.78, 5) is 12.8. The van der Waals surface area contributed by atoms with E-state index >= 15 is 0 Å². The number of benzene rings is 3. The molecule has 0 fully saturated rings. The zero-order valence-corrected chi connectivity index (χ0v) is 17.5. The van der Waals surface area contributed by atoms with Crippen LogP contribution in [0.3, 0.4) is 0 Å². The van der Waals surface area contributed by atoms with Crippen LogP contribution in [0.15, 0.2) is 90.0 Å². The van der Waals surface area contributed by atoms with Crippen molar-refractivity contribution in [1.29, 1.82) is 0 Å². The van der Waals surface area contributed by atoms with Gasteiger partial charge in [-0.25, -0.2) is 8.42 Å². The van der Waals surface area contributed by atoms with Crippen LogP contribution in [0.1, 0.15) is 5.56 Å². The number of carbonyl (C=O) groups excluding carboxylic acids is 1. The summed E-state index contributed by atoms with van der Waals surface area (Å²) >= 11 is 6.11. The lowest BCUT2D eigenvalue weighted by Gasteiger charge is -2.08. The van der Waals surface area contributed by atoms with Gasteiger partial charge in [0, 0.05) is 17.1 Å². The van der Waals surface area contributed by atoms with E-state index in [1.54, 1.807) is 59.2 Å². The molecule has 30 heavy (non-hydrogen) atoms. The number of para-hydroxylation sites is 2. The summed E-state index contributed by atoms with van der Waals surface area (Å²) in [5.74, 6) is -0.399. The number of amides is 1. The van der Waals surface area contributed by atoms with E-state index in [4.69, 9.17) is 11.6 Å². The number of nitrogens with zero attached hydrogens (tertiary/aromatic N) is 1. The first kappa shape index (κ1) is 20.2. The molecule has 4 aromatic rings. The SMILES string of the molecule is O=C(Cn1cc(S(=O)(=O)Cc2ccccc2)c2ccccc21)Nc1ccccc1Cl. The summed E-state index contributed by atoms with van der Waals surface area (Å²) < 4.78 is 27.9. The summed E-state index contributed by atoms with van der Waals surface area (Å²) in [5, 5.41) is 3.81. The van der Waals surface area contributed by atoms with Crippen molar-refractivity contribution in [2.24, 2.45) is 0 Å². The first-order valence-electron chi connectivity index (χ1n) is 9.33. The molecule has 3 aromatic carbocycles. The Balaban J connectivity index is 1.65. The Hall–Kier alpha value is -3.09. The Morgan fingerprint density at radius 2 is 1.57 bits per heavy atom. The molecule has 0 saturated carbocycles. The fourth-order valence-electron chi connectivity index (χ4n) is 3.37. The Labute approximate surface area is 179 Å². The van der Waals surface area contributed by atoms with Crippen molar-refractivity contribution in [2.45, 2.75) is 17.2 Å². The molecule has 0 aliphatic carbocycles. The molecule has 0 bridgehead atoms. The van der Waals surface area contributed by atoms with Crippen molar-refractivity contribution in [2.75, 3.05) is 5.32 Å². The van der Waals surface area contributed by atoms with E-state index in [9.17, 15) is 13.2 Å². The molecule has 0 radical (unpaired) electrons. The van der Waals surface area contributed by atoms with Crippen molar-refractivity contribution >= 4 is 43.9 Å². The smallest absolute Gasteiger partial charge is 0.244 e. The molecular formula is C23H19ClN2O3S. The van der Waals surface area contributed by atoms with Crippen molar-refractivity contribution in [3.63, 3.8) is 0 Å². The monoisotopic (exact) mass is 438 g/mol. The predicted molar refractivity (Wildman–Crippen MR) is 119 cm³/mol. The molecule has 0 spiro atoms. The lowest BCUT2D eigenvalue weighted by atomic mass is 10.2. The lowest BCUT2D eigenvalue weighted by Crippen LogP contribution is -2.18. The molecular weight excluding hydrogens is 420 g/mol. The second-order valence-electron chi connectivity index (χ2n) is 6.91. The number of hydrogen-bond donors (Lipinski definition) is 1. The van der Waals surface area contributed by atoms with Crippen LogP contribution in [0.5, 0.6) is 0 Å². The first-order valence-corrected chi connectivity index (χ1v) is 11.4. The van der Waals surface area contributed by atoms with Crippen LogP contribution >= 0.6 is 11.6 Å². The number of halogens is 1. The molecule has 1 amide bonds. The van der Waals surface area contributed by atoms with Crippen LogP contribution < -0.4 is 5.32 Å². The number of hydrogen-bond acceptors (Lipinski definition) is 3. The highest BCUT2D eigenvalue weighted by Gasteiger charge is 2.22. The average molecular weight is 439 g/mol. The minimum Gasteiger partial charge on any atom is -0.337 e. The zero-order valence-electron chi connectivity index (χ0n) is 16.0. The normalized spacial score (nSPS) is 11.5. The van der Waals surface area contributed by atoms with Crippen LogP contribution in [0.25, 0.3) is 10.9 Å². The predicted octanol–water partition coefficient (Wildman–Crippen LogP) is 4.91. The second-order valence-corrected chi connectivity index (χ2v) is 9.28. The highest BCUT2D eigenvalue weighted by atomic mass is 35.5. The van der Waals surface area contributed by atoms with E-state index in [-0.39, 0.29) is 23.1 Å². The largest absolute Gasteiger partial charge is 0.337 e. The number of rotatable bonds is 6. The maximum Gasteiger partial charge on any atom is 0.244 e. The van der Waals surface area contributed by atoms with Gasteiger partial charge in [-0.1, -0.05) is 72.3 Å². The third kappa shape index (κ3) is 4.25. The van der Waals surface area contributed by atoms with E-state index in [0.29, 0.717) is 27.2 Å². The van der Waals surface area contributed by atoms with Crippen LogP contribution in [-0.4, -0.2) is 18.9 Å². The number of anilines is 1. The molecule has 152 valence electrons. The van der Waals surface area contributed by atoms with Gasteiger partial charge in [0.05, 0.1) is 21.4 Å². The Morgan fingerprint density at radius 1 is 0.900 bits per heavy atom. The quantitative estimate of drug-likeness (QED) is 0.465. The number of sulfone groups is 1. The van der Waals surface area contributed by atoms with E-state index in [2.05, 4.69) is 5.32 Å². The highest BCUT2D eigenvalue weighted by Crippen LogP contribution is 2.28. The molecule has 0 aliphatic heterocycles. The zero-order chi connectivity index (χ0) is 21.1. The van der Waals surface area contributed by atoms with Gasteiger partial charge < -0.3 is 9.88 Å². The standard InChI is InChI=1S/C23H19ClN2O3S/c24-19-11-5-6-12-20(19)25-23(27)15-26-14-22(18-10-4-7-13-21(18)26)30(28,29)16-17-8-2-1-3-9-17/h1-14H,15-16H2,(H,25,27). The van der Waals surface area contributed by atoms with Gasteiger partial charge in [-0.15, -0.1) is 0 Å². The lowest BCUT2D eigenvalue weighted by molar-refractivity contribution is -0.116. The first-order chi connectivity index (χ1) is 14.4. The van der Waals surface area contributed by atoms with E-state index in [1.165, 1.54) is 6.20 Å². The van der Waals surface area contributed by atoms with E-state index in [1.807, 2.05) is 24.3 Å². The van der Waals surface area contributed by atoms with Crippen molar-refractivity contribution in [3.05, 3.63) is 95.6 Å². The van der Waals surface area contributed by atoms with Gasteiger partial charge in [0.2, 0.25) is 5.91 Å². The van der Waals surface area contributed by atoms with Crippen molar-refractivity contribution < 1.29 is 13.2 Å². The summed E-state index contributed by atoms with van der Waals surface area (Å²) in [7, 11) is -3.59. The number of nitrogens with one attached hydrogen (secondary N) is 1. The fraction of sp³-hybridized carbons (Fsp3) is 0.0870. The van der Waals surface area contributed by atoms with Crippen LogP contribution in [0.2, 0.25) is 5.02 Å². The molecule has 0 atom stereocenters. The number of fused-ring (bicyclic) bond motifs is 1. The van der Waals surface area contributed by atoms with E-state index in [0.717, 1.165) is 0 Å². The van der Waals surface area contributed by atoms with Gasteiger partial charge in [0.1, 0.15) is 6.54 Å². The second kappa shape index (κ2) is 8.34. The van der Waals surface area contributed by atoms with Crippen molar-refractivity contribution in [3.8, 4) is 0 Å². The number of aromatic nitrogens is 1. The summed E-state index contributed by atoms with van der Waals surface area (Å²) in [6.45, 7) is -0.0351. The van der Waals surface area contributed by atoms with Gasteiger partial charge in [-0.05, 0) is 23.8 Å². The third-order valence-corrected chi connectivity index (χ3v) is 6.79. The molecule has 1 heterocycles. The maximum atomic E-state index is 13.1. The molecule has 0 saturated heterocycles. The Bertz CT molecular complexity index is 1310. The third-order valence-electron chi connectivity index (χ3n) is 4.75. The van der Waals surface area contributed by atoms with Crippen LogP contribution in [0, 0.1) is 0 Å². The average Bonchev–Trinajstić information content (AvgIpc) is 3.10. The van der Waals surface area contributed by atoms with Crippen molar-refractivity contribution in [1.82, 2.24) is 4.57 Å². The molecule has 7 heteroatoms. The van der Waals surface area contributed by atoms with Gasteiger partial charge >= 0.3 is 0 Å². The van der Waals surface area contributed by atoms with E-state index < -0.39 is 9.84 Å². The fourth-order valence-corrected chi connectivity index (χ4v) is 5.14. The van der Waals surface area contributed by atoms with Crippen LogP contribution in [-0.2, 0) is 26.9 Å². The molecule has 5 nitrogen and oxygen atoms in total. The van der Waals surface area contributed by atoms with Gasteiger partial charge in [0.25, 0.3) is 0 Å². The minimum absolute atomic E-state index is 0.0351. The summed E-state index contributed by atoms with van der Waals surface area (Å²) in [5.41, 5.74) is 1.90. The highest BCUT2D eigenvalue weighted by molar-refractivity contribution is 7.90. The van der Waals surface area contributed by atoms with Crippen LogP contribution in [0.4, 0.5) is 5.69 Å².